The maximum atomic E-state index is 12.5. The fraction of sp³-hybridized carbons (Fsp3) is 0.0714. The summed E-state index contributed by atoms with van der Waals surface area (Å²) >= 11 is 24.7. The van der Waals surface area contributed by atoms with E-state index in [9.17, 15) is 4.79 Å². The average molecular weight is 347 g/mol. The van der Waals surface area contributed by atoms with E-state index in [1.165, 1.54) is 4.90 Å². The second-order valence-electron chi connectivity index (χ2n) is 4.30. The first kappa shape index (κ1) is 14.0. The van der Waals surface area contributed by atoms with E-state index in [4.69, 9.17) is 46.4 Å². The molecule has 1 aliphatic rings. The van der Waals surface area contributed by atoms with Gasteiger partial charge in [-0.1, -0.05) is 70.7 Å². The summed E-state index contributed by atoms with van der Waals surface area (Å²) in [5.74, 6) is -0.489. The summed E-state index contributed by atoms with van der Waals surface area (Å²) in [6.45, 7) is 0. The van der Waals surface area contributed by atoms with Crippen molar-refractivity contribution >= 4 is 63.7 Å². The van der Waals surface area contributed by atoms with Crippen molar-refractivity contribution in [1.29, 1.82) is 0 Å². The van der Waals surface area contributed by atoms with Crippen LogP contribution in [0.2, 0.25) is 10.0 Å². The van der Waals surface area contributed by atoms with Crippen LogP contribution in [-0.4, -0.2) is 5.91 Å². The molecular formula is C14H7Cl4NO. The molecule has 0 spiro atoms. The van der Waals surface area contributed by atoms with Crippen molar-refractivity contribution < 1.29 is 4.79 Å². The first-order chi connectivity index (χ1) is 9.44. The van der Waals surface area contributed by atoms with E-state index >= 15 is 0 Å². The van der Waals surface area contributed by atoms with E-state index in [1.54, 1.807) is 42.5 Å². The minimum atomic E-state index is -1.64. The van der Waals surface area contributed by atoms with Crippen LogP contribution in [0.3, 0.4) is 0 Å². The number of carbonyl (C=O) groups excluding carboxylic acids is 1. The summed E-state index contributed by atoms with van der Waals surface area (Å²) in [5.41, 5.74) is 1.48. The lowest BCUT2D eigenvalue weighted by atomic mass is 10.1. The second-order valence-corrected chi connectivity index (χ2v) is 6.44. The fourth-order valence-electron chi connectivity index (χ4n) is 2.22. The van der Waals surface area contributed by atoms with Crippen LogP contribution in [-0.2, 0) is 9.13 Å². The van der Waals surface area contributed by atoms with Crippen LogP contribution < -0.4 is 4.90 Å². The normalized spacial score (nSPS) is 16.4. The minimum Gasteiger partial charge on any atom is -0.275 e. The number of amides is 1. The quantitative estimate of drug-likeness (QED) is 0.641. The molecule has 0 saturated carbocycles. The Morgan fingerprint density at radius 2 is 1.50 bits per heavy atom. The highest BCUT2D eigenvalue weighted by Gasteiger charge is 2.49. The van der Waals surface area contributed by atoms with Crippen LogP contribution >= 0.6 is 46.4 Å². The van der Waals surface area contributed by atoms with Crippen LogP contribution in [0.1, 0.15) is 5.56 Å². The Bertz CT molecular complexity index is 694. The molecule has 2 aromatic rings. The Labute approximate surface area is 135 Å². The van der Waals surface area contributed by atoms with Gasteiger partial charge in [0, 0.05) is 5.56 Å². The molecule has 0 unspecified atom stereocenters. The van der Waals surface area contributed by atoms with Crippen molar-refractivity contribution in [2.24, 2.45) is 0 Å². The smallest absolute Gasteiger partial charge is 0.272 e. The van der Waals surface area contributed by atoms with Crippen molar-refractivity contribution in [3.63, 3.8) is 0 Å². The number of fused-ring (bicyclic) bond motifs is 1. The lowest BCUT2D eigenvalue weighted by Gasteiger charge is -2.21. The number of halogens is 4. The standard InChI is InChI=1S/C14H7Cl4NO/c15-9-5-3-6-10(16)12(9)19-11-7-2-1-4-8(11)14(17,18)13(19)20/h1-7H. The van der Waals surface area contributed by atoms with Crippen LogP contribution in [0.4, 0.5) is 11.4 Å². The Balaban J connectivity index is 2.29. The van der Waals surface area contributed by atoms with Crippen molar-refractivity contribution in [2.75, 3.05) is 4.90 Å². The van der Waals surface area contributed by atoms with Gasteiger partial charge in [0.25, 0.3) is 5.91 Å². The molecule has 2 aromatic carbocycles. The Hall–Kier alpha value is -0.930. The van der Waals surface area contributed by atoms with Gasteiger partial charge in [0.1, 0.15) is 0 Å². The summed E-state index contributed by atoms with van der Waals surface area (Å²) in [7, 11) is 0. The molecule has 20 heavy (non-hydrogen) atoms. The van der Waals surface area contributed by atoms with Gasteiger partial charge in [-0.25, -0.2) is 0 Å². The molecule has 6 heteroatoms. The zero-order chi connectivity index (χ0) is 14.5. The van der Waals surface area contributed by atoms with E-state index in [1.807, 2.05) is 0 Å². The molecule has 0 aromatic heterocycles. The number of carbonyl (C=O) groups is 1. The number of hydrogen-bond acceptors (Lipinski definition) is 1. The van der Waals surface area contributed by atoms with Crippen molar-refractivity contribution in [1.82, 2.24) is 0 Å². The Morgan fingerprint density at radius 3 is 2.15 bits per heavy atom. The monoisotopic (exact) mass is 345 g/mol. The molecule has 0 saturated heterocycles. The molecule has 0 radical (unpaired) electrons. The van der Waals surface area contributed by atoms with Crippen molar-refractivity contribution in [2.45, 2.75) is 4.33 Å². The first-order valence-electron chi connectivity index (χ1n) is 5.70. The highest BCUT2D eigenvalue weighted by atomic mass is 35.5. The molecule has 1 aliphatic heterocycles. The van der Waals surface area contributed by atoms with E-state index in [-0.39, 0.29) is 0 Å². The van der Waals surface area contributed by atoms with Crippen molar-refractivity contribution in [3.8, 4) is 0 Å². The van der Waals surface area contributed by atoms with Gasteiger partial charge in [-0.3, -0.25) is 9.69 Å². The first-order valence-corrected chi connectivity index (χ1v) is 7.21. The van der Waals surface area contributed by atoms with Crippen LogP contribution in [0.25, 0.3) is 0 Å². The number of para-hydroxylation sites is 2. The van der Waals surface area contributed by atoms with Gasteiger partial charge < -0.3 is 0 Å². The number of anilines is 2. The van der Waals surface area contributed by atoms with Gasteiger partial charge in [0.05, 0.1) is 21.4 Å². The van der Waals surface area contributed by atoms with Gasteiger partial charge in [-0.2, -0.15) is 0 Å². The third-order valence-electron chi connectivity index (χ3n) is 3.12. The summed E-state index contributed by atoms with van der Waals surface area (Å²) in [4.78, 5) is 13.9. The van der Waals surface area contributed by atoms with E-state index in [0.717, 1.165) is 0 Å². The molecule has 2 nitrogen and oxygen atoms in total. The third-order valence-corrected chi connectivity index (χ3v) is 4.46. The molecule has 1 amide bonds. The summed E-state index contributed by atoms with van der Waals surface area (Å²) in [5, 5.41) is 0.707. The zero-order valence-electron chi connectivity index (χ0n) is 9.91. The number of hydrogen-bond donors (Lipinski definition) is 0. The predicted octanol–water partition coefficient (Wildman–Crippen LogP) is 5.30. The number of nitrogens with zero attached hydrogens (tertiary/aromatic N) is 1. The molecule has 0 fully saturated rings. The van der Waals surface area contributed by atoms with Gasteiger partial charge in [-0.15, -0.1) is 0 Å². The van der Waals surface area contributed by atoms with Crippen molar-refractivity contribution in [3.05, 3.63) is 58.1 Å². The maximum absolute atomic E-state index is 12.5. The number of alkyl halides is 2. The molecule has 3 rings (SSSR count). The van der Waals surface area contributed by atoms with E-state index < -0.39 is 10.2 Å². The summed E-state index contributed by atoms with van der Waals surface area (Å²) < 4.78 is -1.64. The van der Waals surface area contributed by atoms with Gasteiger partial charge in [0.2, 0.25) is 4.33 Å². The summed E-state index contributed by atoms with van der Waals surface area (Å²) in [6.07, 6.45) is 0. The largest absolute Gasteiger partial charge is 0.275 e. The highest BCUT2D eigenvalue weighted by Crippen LogP contribution is 2.52. The van der Waals surface area contributed by atoms with Gasteiger partial charge in [-0.05, 0) is 18.2 Å². The van der Waals surface area contributed by atoms with Crippen LogP contribution in [0.15, 0.2) is 42.5 Å². The van der Waals surface area contributed by atoms with E-state index in [0.29, 0.717) is 27.0 Å². The zero-order valence-corrected chi connectivity index (χ0v) is 12.9. The fourth-order valence-corrected chi connectivity index (χ4v) is 3.28. The summed E-state index contributed by atoms with van der Waals surface area (Å²) in [6, 6.07) is 12.0. The molecule has 1 heterocycles. The second kappa shape index (κ2) is 4.81. The molecule has 102 valence electrons. The average Bonchev–Trinajstić information content (AvgIpc) is 2.60. The molecule has 0 bridgehead atoms. The predicted molar refractivity (Wildman–Crippen MR) is 83.4 cm³/mol. The SMILES string of the molecule is O=C1N(c2c(Cl)cccc2Cl)c2ccccc2C1(Cl)Cl. The number of benzene rings is 2. The third kappa shape index (κ3) is 1.91. The Kier molecular flexibility index (Phi) is 3.38. The molecular weight excluding hydrogens is 340 g/mol. The topological polar surface area (TPSA) is 20.3 Å². The maximum Gasteiger partial charge on any atom is 0.272 e. The molecule has 0 N–H and O–H groups in total. The van der Waals surface area contributed by atoms with Crippen LogP contribution in [0, 0.1) is 0 Å². The lowest BCUT2D eigenvalue weighted by molar-refractivity contribution is -0.118. The molecule has 0 atom stereocenters. The highest BCUT2D eigenvalue weighted by molar-refractivity contribution is 6.61. The lowest BCUT2D eigenvalue weighted by Crippen LogP contribution is -2.30. The van der Waals surface area contributed by atoms with E-state index in [2.05, 4.69) is 0 Å². The van der Waals surface area contributed by atoms with Gasteiger partial charge in [0.15, 0.2) is 0 Å². The molecule has 0 aliphatic carbocycles. The minimum absolute atomic E-state index is 0.353. The van der Waals surface area contributed by atoms with Crippen LogP contribution in [0.5, 0.6) is 0 Å². The Morgan fingerprint density at radius 1 is 0.900 bits per heavy atom. The van der Waals surface area contributed by atoms with Gasteiger partial charge >= 0.3 is 0 Å². The number of rotatable bonds is 1.